The molecule has 0 bridgehead atoms. The fraction of sp³-hybridized carbons (Fsp3) is 0.913. The molecule has 0 saturated carbocycles. The van der Waals surface area contributed by atoms with Crippen LogP contribution >= 0.6 is 0 Å². The summed E-state index contributed by atoms with van der Waals surface area (Å²) in [5.74, 6) is -0.0466. The second kappa shape index (κ2) is 64.9. The van der Waals surface area contributed by atoms with Gasteiger partial charge >= 0.3 is 5.97 Å². The SMILES string of the molecule is CCCCCCCC/C=C\CCCCCCCCCCCC(=O)OCCCCCCCCCCCCCCCCCCCCCCCCCCCCCC(=O)NC(CO)C(O)/C=C/CCCCCCCCCCCC. The van der Waals surface area contributed by atoms with Crippen LogP contribution in [0.25, 0.3) is 0 Å². The van der Waals surface area contributed by atoms with Crippen LogP contribution in [-0.4, -0.2) is 47.4 Å². The molecule has 0 aromatic heterocycles. The number of unbranched alkanes of at least 4 members (excludes halogenated alkanes) is 51. The summed E-state index contributed by atoms with van der Waals surface area (Å²) in [6.07, 6.45) is 81.1. The fourth-order valence-electron chi connectivity index (χ4n) is 10.7. The third-order valence-corrected chi connectivity index (χ3v) is 16.0. The molecule has 1 amide bonds. The van der Waals surface area contributed by atoms with E-state index in [1.165, 1.54) is 315 Å². The molecule has 444 valence electrons. The summed E-state index contributed by atoms with van der Waals surface area (Å²) in [7, 11) is 0. The quantitative estimate of drug-likeness (QED) is 0.0320. The number of rotatable bonds is 64. The molecular weight excluding hydrogens is 923 g/mol. The first-order valence-electron chi connectivity index (χ1n) is 34.1. The normalized spacial score (nSPS) is 12.6. The topological polar surface area (TPSA) is 95.9 Å². The highest BCUT2D eigenvalue weighted by Crippen LogP contribution is 2.18. The van der Waals surface area contributed by atoms with E-state index in [9.17, 15) is 19.8 Å². The molecule has 0 aromatic carbocycles. The molecule has 0 spiro atoms. The van der Waals surface area contributed by atoms with E-state index < -0.39 is 12.1 Å². The molecule has 0 aromatic rings. The molecular formula is C69H133NO5. The molecule has 0 aliphatic rings. The van der Waals surface area contributed by atoms with Gasteiger partial charge in [-0.25, -0.2) is 0 Å². The Hall–Kier alpha value is -1.66. The van der Waals surface area contributed by atoms with E-state index in [4.69, 9.17) is 4.74 Å². The van der Waals surface area contributed by atoms with Crippen molar-refractivity contribution >= 4 is 11.9 Å². The molecule has 2 atom stereocenters. The maximum atomic E-state index is 12.4. The van der Waals surface area contributed by atoms with Crippen molar-refractivity contribution in [2.45, 2.75) is 392 Å². The van der Waals surface area contributed by atoms with Crippen molar-refractivity contribution in [1.29, 1.82) is 0 Å². The second-order valence-electron chi connectivity index (χ2n) is 23.5. The number of ether oxygens (including phenoxy) is 1. The van der Waals surface area contributed by atoms with Crippen LogP contribution in [-0.2, 0) is 14.3 Å². The second-order valence-corrected chi connectivity index (χ2v) is 23.5. The summed E-state index contributed by atoms with van der Waals surface area (Å²) in [5, 5.41) is 23.1. The number of amides is 1. The molecule has 0 saturated heterocycles. The lowest BCUT2D eigenvalue weighted by atomic mass is 10.0. The Kier molecular flexibility index (Phi) is 63.4. The monoisotopic (exact) mass is 1060 g/mol. The Balaban J connectivity index is 3.33. The van der Waals surface area contributed by atoms with Gasteiger partial charge < -0.3 is 20.3 Å². The molecule has 6 heteroatoms. The van der Waals surface area contributed by atoms with Gasteiger partial charge in [-0.1, -0.05) is 334 Å². The van der Waals surface area contributed by atoms with Crippen molar-refractivity contribution < 1.29 is 24.5 Å². The number of allylic oxidation sites excluding steroid dienone is 3. The van der Waals surface area contributed by atoms with Crippen LogP contribution in [0.5, 0.6) is 0 Å². The molecule has 75 heavy (non-hydrogen) atoms. The number of hydrogen-bond acceptors (Lipinski definition) is 5. The Morgan fingerprint density at radius 1 is 0.360 bits per heavy atom. The van der Waals surface area contributed by atoms with Gasteiger partial charge in [-0.15, -0.1) is 0 Å². The van der Waals surface area contributed by atoms with Gasteiger partial charge in [0.15, 0.2) is 0 Å². The summed E-state index contributed by atoms with van der Waals surface area (Å²) in [6.45, 7) is 4.92. The number of esters is 1. The van der Waals surface area contributed by atoms with Crippen molar-refractivity contribution in [1.82, 2.24) is 5.32 Å². The van der Waals surface area contributed by atoms with Crippen molar-refractivity contribution in [2.75, 3.05) is 13.2 Å². The molecule has 0 heterocycles. The zero-order valence-corrected chi connectivity index (χ0v) is 50.8. The van der Waals surface area contributed by atoms with Crippen LogP contribution in [0.15, 0.2) is 24.3 Å². The van der Waals surface area contributed by atoms with Gasteiger partial charge in [0.1, 0.15) is 0 Å². The van der Waals surface area contributed by atoms with Gasteiger partial charge in [0, 0.05) is 12.8 Å². The fourth-order valence-corrected chi connectivity index (χ4v) is 10.7. The van der Waals surface area contributed by atoms with E-state index in [0.717, 1.165) is 38.5 Å². The zero-order valence-electron chi connectivity index (χ0n) is 50.8. The summed E-state index contributed by atoms with van der Waals surface area (Å²) < 4.78 is 5.51. The third-order valence-electron chi connectivity index (χ3n) is 16.0. The highest BCUT2D eigenvalue weighted by Gasteiger charge is 2.18. The van der Waals surface area contributed by atoms with Crippen LogP contribution < -0.4 is 5.32 Å². The number of hydrogen-bond donors (Lipinski definition) is 3. The smallest absolute Gasteiger partial charge is 0.305 e. The molecule has 6 nitrogen and oxygen atoms in total. The number of aliphatic hydroxyl groups is 2. The molecule has 0 rings (SSSR count). The third kappa shape index (κ3) is 61.4. The van der Waals surface area contributed by atoms with E-state index in [1.54, 1.807) is 6.08 Å². The van der Waals surface area contributed by atoms with Gasteiger partial charge in [0.05, 0.1) is 25.4 Å². The number of aliphatic hydroxyl groups excluding tert-OH is 2. The molecule has 3 N–H and O–H groups in total. The van der Waals surface area contributed by atoms with Crippen LogP contribution in [0.1, 0.15) is 380 Å². The Labute approximate surface area is 469 Å². The average Bonchev–Trinajstić information content (AvgIpc) is 3.41. The lowest BCUT2D eigenvalue weighted by molar-refractivity contribution is -0.143. The Bertz CT molecular complexity index is 1170. The van der Waals surface area contributed by atoms with Crippen molar-refractivity contribution in [3.05, 3.63) is 24.3 Å². The standard InChI is InChI=1S/C69H133NO5/c1-3-5-7-9-11-13-15-17-18-19-29-33-36-39-43-47-51-55-59-63-69(74)75-64-60-56-52-48-44-40-37-34-31-28-26-24-22-20-21-23-25-27-30-32-35-38-42-46-50-54-58-62-68(73)70-66(65-71)67(72)61-57-53-49-45-41-16-14-12-10-8-6-4-2/h17-18,57,61,66-67,71-72H,3-16,19-56,58-60,62-65H2,1-2H3,(H,70,73)/b18-17-,61-57+. The van der Waals surface area contributed by atoms with Gasteiger partial charge in [0.25, 0.3) is 0 Å². The minimum absolute atomic E-state index is 0.0178. The molecule has 0 aliphatic carbocycles. The highest BCUT2D eigenvalue weighted by atomic mass is 16.5. The summed E-state index contributed by atoms with van der Waals surface area (Å²) in [5.41, 5.74) is 0. The van der Waals surface area contributed by atoms with Gasteiger partial charge in [0.2, 0.25) is 5.91 Å². The molecule has 0 aliphatic heterocycles. The van der Waals surface area contributed by atoms with Gasteiger partial charge in [-0.05, 0) is 57.8 Å². The minimum atomic E-state index is -0.841. The number of carbonyl (C=O) groups is 2. The van der Waals surface area contributed by atoms with E-state index >= 15 is 0 Å². The van der Waals surface area contributed by atoms with Crippen LogP contribution in [0.4, 0.5) is 0 Å². The zero-order chi connectivity index (χ0) is 54.3. The van der Waals surface area contributed by atoms with Crippen molar-refractivity contribution in [3.8, 4) is 0 Å². The van der Waals surface area contributed by atoms with Gasteiger partial charge in [-0.2, -0.15) is 0 Å². The predicted octanol–water partition coefficient (Wildman–Crippen LogP) is 21.8. The number of carbonyl (C=O) groups excluding carboxylic acids is 2. The van der Waals surface area contributed by atoms with Crippen LogP contribution in [0.2, 0.25) is 0 Å². The average molecular weight is 1060 g/mol. The van der Waals surface area contributed by atoms with E-state index in [-0.39, 0.29) is 18.5 Å². The first-order valence-corrected chi connectivity index (χ1v) is 34.1. The summed E-state index contributed by atoms with van der Waals surface area (Å²) >= 11 is 0. The molecule has 0 radical (unpaired) electrons. The highest BCUT2D eigenvalue weighted by molar-refractivity contribution is 5.76. The van der Waals surface area contributed by atoms with Gasteiger partial charge in [-0.3, -0.25) is 9.59 Å². The number of nitrogens with one attached hydrogen (secondary N) is 1. The van der Waals surface area contributed by atoms with E-state index in [1.807, 2.05) is 6.08 Å². The lowest BCUT2D eigenvalue weighted by Crippen LogP contribution is -2.45. The first-order chi connectivity index (χ1) is 37.0. The maximum absolute atomic E-state index is 12.4. The van der Waals surface area contributed by atoms with Crippen LogP contribution in [0, 0.1) is 0 Å². The first kappa shape index (κ1) is 73.3. The Morgan fingerprint density at radius 3 is 0.947 bits per heavy atom. The summed E-state index contributed by atoms with van der Waals surface area (Å²) in [6, 6.07) is -0.624. The molecule has 2 unspecified atom stereocenters. The lowest BCUT2D eigenvalue weighted by Gasteiger charge is -2.20. The maximum Gasteiger partial charge on any atom is 0.305 e. The minimum Gasteiger partial charge on any atom is -0.466 e. The van der Waals surface area contributed by atoms with Crippen molar-refractivity contribution in [3.63, 3.8) is 0 Å². The van der Waals surface area contributed by atoms with E-state index in [0.29, 0.717) is 19.4 Å². The van der Waals surface area contributed by atoms with E-state index in [2.05, 4.69) is 31.3 Å². The Morgan fingerprint density at radius 2 is 0.627 bits per heavy atom. The largest absolute Gasteiger partial charge is 0.466 e. The molecule has 0 fully saturated rings. The van der Waals surface area contributed by atoms with Crippen molar-refractivity contribution in [2.24, 2.45) is 0 Å². The summed E-state index contributed by atoms with van der Waals surface area (Å²) in [4.78, 5) is 24.6. The predicted molar refractivity (Wildman–Crippen MR) is 329 cm³/mol. The van der Waals surface area contributed by atoms with Crippen LogP contribution in [0.3, 0.4) is 0 Å².